The smallest absolute Gasteiger partial charge is 0.241 e. The fraction of sp³-hybridized carbons (Fsp3) is 0.290. The molecule has 1 fully saturated rings. The Bertz CT molecular complexity index is 1650. The van der Waals surface area contributed by atoms with Crippen LogP contribution in [0.3, 0.4) is 0 Å². The van der Waals surface area contributed by atoms with Gasteiger partial charge in [0.05, 0.1) is 6.54 Å². The first-order chi connectivity index (χ1) is 19.0. The summed E-state index contributed by atoms with van der Waals surface area (Å²) in [5.74, 6) is 2.09. The van der Waals surface area contributed by atoms with Crippen LogP contribution in [0.25, 0.3) is 45.1 Å². The van der Waals surface area contributed by atoms with Crippen molar-refractivity contribution in [2.45, 2.75) is 33.2 Å². The number of likely N-dealkylation sites (tertiary alicyclic amines) is 1. The second kappa shape index (κ2) is 10.6. The molecule has 3 heterocycles. The van der Waals surface area contributed by atoms with Gasteiger partial charge in [0.2, 0.25) is 17.6 Å². The summed E-state index contributed by atoms with van der Waals surface area (Å²) < 4.78 is 11.7. The van der Waals surface area contributed by atoms with E-state index >= 15 is 0 Å². The van der Waals surface area contributed by atoms with Gasteiger partial charge < -0.3 is 14.0 Å². The maximum absolute atomic E-state index is 11.2. The molecule has 0 bridgehead atoms. The molecule has 0 aliphatic carbocycles. The van der Waals surface area contributed by atoms with Crippen molar-refractivity contribution >= 4 is 17.4 Å². The number of carbonyl (C=O) groups excluding carboxylic acids is 1. The number of rotatable bonds is 7. The fourth-order valence-electron chi connectivity index (χ4n) is 5.41. The lowest BCUT2D eigenvalue weighted by molar-refractivity contribution is 0.112. The van der Waals surface area contributed by atoms with Crippen LogP contribution in [0.15, 0.2) is 63.5 Å². The van der Waals surface area contributed by atoms with Gasteiger partial charge in [-0.2, -0.15) is 4.98 Å². The number of benzene rings is 3. The molecular formula is C31H30N4O4. The molecule has 2 aromatic heterocycles. The van der Waals surface area contributed by atoms with Crippen LogP contribution in [-0.2, 0) is 6.54 Å². The van der Waals surface area contributed by atoms with E-state index in [1.165, 1.54) is 0 Å². The highest BCUT2D eigenvalue weighted by molar-refractivity contribution is 5.86. The molecule has 6 rings (SSSR count). The van der Waals surface area contributed by atoms with Crippen LogP contribution in [0.2, 0.25) is 0 Å². The summed E-state index contributed by atoms with van der Waals surface area (Å²) in [7, 11) is 0. The second-order valence-corrected chi connectivity index (χ2v) is 10.2. The minimum Gasteiger partial charge on any atom is -0.436 e. The number of fused-ring (bicyclic) bond motifs is 1. The lowest BCUT2D eigenvalue weighted by Crippen LogP contribution is -2.34. The molecule has 3 aromatic carbocycles. The zero-order valence-electron chi connectivity index (χ0n) is 22.1. The fourth-order valence-corrected chi connectivity index (χ4v) is 5.41. The average Bonchev–Trinajstić information content (AvgIpc) is 3.60. The lowest BCUT2D eigenvalue weighted by atomic mass is 9.91. The van der Waals surface area contributed by atoms with E-state index in [1.807, 2.05) is 24.3 Å². The van der Waals surface area contributed by atoms with Crippen LogP contribution < -0.4 is 0 Å². The molecule has 1 saturated heterocycles. The number of oxazole rings is 1. The topological polar surface area (TPSA) is 105 Å². The first kappa shape index (κ1) is 25.2. The second-order valence-electron chi connectivity index (χ2n) is 10.2. The van der Waals surface area contributed by atoms with Gasteiger partial charge in [0, 0.05) is 23.3 Å². The maximum Gasteiger partial charge on any atom is 0.241 e. The summed E-state index contributed by atoms with van der Waals surface area (Å²) >= 11 is 0. The Kier molecular flexibility index (Phi) is 6.81. The summed E-state index contributed by atoms with van der Waals surface area (Å²) in [6.07, 6.45) is 2.78. The van der Waals surface area contributed by atoms with E-state index in [-0.39, 0.29) is 6.61 Å². The van der Waals surface area contributed by atoms with Crippen LogP contribution in [-0.4, -0.2) is 51.1 Å². The number of aliphatic hydroxyl groups is 1. The van der Waals surface area contributed by atoms with Gasteiger partial charge >= 0.3 is 0 Å². The molecule has 198 valence electrons. The minimum absolute atomic E-state index is 0.258. The van der Waals surface area contributed by atoms with Gasteiger partial charge in [-0.05, 0) is 92.2 Å². The van der Waals surface area contributed by atoms with E-state index < -0.39 is 0 Å². The molecule has 0 atom stereocenters. The van der Waals surface area contributed by atoms with Gasteiger partial charge in [0.25, 0.3) is 0 Å². The van der Waals surface area contributed by atoms with Crippen molar-refractivity contribution in [3.8, 4) is 34.0 Å². The Balaban J connectivity index is 1.29. The molecule has 8 nitrogen and oxygen atoms in total. The Hall–Kier alpha value is -4.14. The Labute approximate surface area is 226 Å². The average molecular weight is 523 g/mol. The molecule has 0 spiro atoms. The Morgan fingerprint density at radius 1 is 0.949 bits per heavy atom. The summed E-state index contributed by atoms with van der Waals surface area (Å²) in [4.78, 5) is 22.8. The predicted octanol–water partition coefficient (Wildman–Crippen LogP) is 5.85. The number of carbonyl (C=O) groups is 1. The number of aldehydes is 1. The quantitative estimate of drug-likeness (QED) is 0.266. The number of aromatic nitrogens is 3. The third-order valence-corrected chi connectivity index (χ3v) is 7.77. The Morgan fingerprint density at radius 2 is 1.64 bits per heavy atom. The SMILES string of the molecule is Cc1c(-c2noc(CN3CCC(CO)CC3)n2)cccc1-c1cccc(-c2nc3cc(C=O)ccc3o2)c1C. The van der Waals surface area contributed by atoms with Crippen molar-refractivity contribution in [3.63, 3.8) is 0 Å². The summed E-state index contributed by atoms with van der Waals surface area (Å²) in [5, 5.41) is 13.7. The third kappa shape index (κ3) is 4.89. The van der Waals surface area contributed by atoms with E-state index in [0.29, 0.717) is 46.7 Å². The summed E-state index contributed by atoms with van der Waals surface area (Å²) in [5.41, 5.74) is 7.93. The molecule has 1 aliphatic rings. The first-order valence-electron chi connectivity index (χ1n) is 13.3. The number of nitrogens with zero attached hydrogens (tertiary/aromatic N) is 4. The zero-order chi connectivity index (χ0) is 26.9. The molecule has 0 amide bonds. The van der Waals surface area contributed by atoms with E-state index in [2.05, 4.69) is 41.0 Å². The predicted molar refractivity (Wildman–Crippen MR) is 148 cm³/mol. The highest BCUT2D eigenvalue weighted by Gasteiger charge is 2.22. The van der Waals surface area contributed by atoms with E-state index in [4.69, 9.17) is 13.9 Å². The lowest BCUT2D eigenvalue weighted by Gasteiger charge is -2.29. The van der Waals surface area contributed by atoms with E-state index in [9.17, 15) is 9.90 Å². The van der Waals surface area contributed by atoms with Gasteiger partial charge in [0.15, 0.2) is 5.58 Å². The molecule has 0 radical (unpaired) electrons. The van der Waals surface area contributed by atoms with Crippen LogP contribution in [0.1, 0.15) is 40.2 Å². The van der Waals surface area contributed by atoms with Gasteiger partial charge in [-0.25, -0.2) is 4.98 Å². The van der Waals surface area contributed by atoms with E-state index in [1.54, 1.807) is 18.2 Å². The van der Waals surface area contributed by atoms with Crippen molar-refractivity contribution < 1.29 is 18.8 Å². The molecule has 0 saturated carbocycles. The van der Waals surface area contributed by atoms with Crippen LogP contribution in [0.5, 0.6) is 0 Å². The summed E-state index contributed by atoms with van der Waals surface area (Å²) in [6, 6.07) is 17.5. The molecule has 0 unspecified atom stereocenters. The Morgan fingerprint density at radius 3 is 2.36 bits per heavy atom. The highest BCUT2D eigenvalue weighted by atomic mass is 16.5. The third-order valence-electron chi connectivity index (χ3n) is 7.77. The minimum atomic E-state index is 0.258. The van der Waals surface area contributed by atoms with Gasteiger partial charge in [0.1, 0.15) is 11.8 Å². The normalized spacial score (nSPS) is 14.7. The molecule has 1 N–H and O–H groups in total. The standard InChI is InChI=1S/C31H30N4O4/c1-19-23(5-3-7-25(19)30-33-29(39-34-30)16-35-13-11-21(17-36)12-14-35)24-6-4-8-26(20(24)2)31-32-27-15-22(18-37)9-10-28(27)38-31/h3-10,15,18,21,36H,11-14,16-17H2,1-2H3. The number of aliphatic hydroxyl groups excluding tert-OH is 1. The van der Waals surface area contributed by atoms with Crippen molar-refractivity contribution in [3.05, 3.63) is 77.2 Å². The van der Waals surface area contributed by atoms with Gasteiger partial charge in [-0.1, -0.05) is 35.5 Å². The molecule has 39 heavy (non-hydrogen) atoms. The zero-order valence-corrected chi connectivity index (χ0v) is 22.1. The number of hydrogen-bond acceptors (Lipinski definition) is 8. The van der Waals surface area contributed by atoms with Gasteiger partial charge in [-0.3, -0.25) is 9.69 Å². The van der Waals surface area contributed by atoms with Crippen LogP contribution in [0, 0.1) is 19.8 Å². The largest absolute Gasteiger partial charge is 0.436 e. The van der Waals surface area contributed by atoms with Gasteiger partial charge in [-0.15, -0.1) is 0 Å². The maximum atomic E-state index is 11.2. The number of piperidine rings is 1. The van der Waals surface area contributed by atoms with Crippen molar-refractivity contribution in [1.82, 2.24) is 20.0 Å². The van der Waals surface area contributed by atoms with E-state index in [0.717, 1.165) is 65.6 Å². The summed E-state index contributed by atoms with van der Waals surface area (Å²) in [6.45, 7) is 6.86. The highest BCUT2D eigenvalue weighted by Crippen LogP contribution is 2.37. The first-order valence-corrected chi connectivity index (χ1v) is 13.3. The van der Waals surface area contributed by atoms with Crippen LogP contribution >= 0.6 is 0 Å². The van der Waals surface area contributed by atoms with Crippen molar-refractivity contribution in [2.75, 3.05) is 19.7 Å². The molecule has 8 heteroatoms. The van der Waals surface area contributed by atoms with Crippen LogP contribution in [0.4, 0.5) is 0 Å². The molecule has 5 aromatic rings. The molecule has 1 aliphatic heterocycles. The van der Waals surface area contributed by atoms with Crippen molar-refractivity contribution in [2.24, 2.45) is 5.92 Å². The number of hydrogen-bond donors (Lipinski definition) is 1. The molecular weight excluding hydrogens is 492 g/mol. The monoisotopic (exact) mass is 522 g/mol. The van der Waals surface area contributed by atoms with Crippen molar-refractivity contribution in [1.29, 1.82) is 0 Å².